The van der Waals surface area contributed by atoms with Crippen molar-refractivity contribution in [3.63, 3.8) is 0 Å². The van der Waals surface area contributed by atoms with Crippen molar-refractivity contribution in [3.8, 4) is 0 Å². The Morgan fingerprint density at radius 2 is 2.08 bits per heavy atom. The Morgan fingerprint density at radius 3 is 2.77 bits per heavy atom. The number of amides is 1. The lowest BCUT2D eigenvalue weighted by atomic mass is 10.2. The number of carbonyl (C=O) groups is 1. The van der Waals surface area contributed by atoms with Crippen LogP contribution in [-0.4, -0.2) is 49.4 Å². The molecule has 0 aromatic carbocycles. The molecule has 1 aliphatic heterocycles. The molecule has 3 nitrogen and oxygen atoms in total. The van der Waals surface area contributed by atoms with E-state index in [0.717, 1.165) is 32.5 Å². The average molecular weight is 184 g/mol. The van der Waals surface area contributed by atoms with Gasteiger partial charge >= 0.3 is 0 Å². The summed E-state index contributed by atoms with van der Waals surface area (Å²) in [4.78, 5) is 15.7. The fourth-order valence-electron chi connectivity index (χ4n) is 1.60. The van der Waals surface area contributed by atoms with Crippen LogP contribution in [0.2, 0.25) is 0 Å². The molecule has 0 bridgehead atoms. The van der Waals surface area contributed by atoms with E-state index >= 15 is 0 Å². The minimum Gasteiger partial charge on any atom is -0.341 e. The number of carbonyl (C=O) groups excluding carboxylic acids is 1. The molecule has 0 saturated carbocycles. The van der Waals surface area contributed by atoms with Crippen LogP contribution in [0.15, 0.2) is 0 Å². The van der Waals surface area contributed by atoms with Crippen LogP contribution in [-0.2, 0) is 4.79 Å². The highest BCUT2D eigenvalue weighted by molar-refractivity contribution is 5.76. The number of rotatable bonds is 3. The summed E-state index contributed by atoms with van der Waals surface area (Å²) >= 11 is 0. The van der Waals surface area contributed by atoms with Crippen LogP contribution in [0.1, 0.15) is 25.7 Å². The summed E-state index contributed by atoms with van der Waals surface area (Å²) in [6, 6.07) is 0. The molecule has 1 saturated heterocycles. The Balaban J connectivity index is 2.32. The van der Waals surface area contributed by atoms with Gasteiger partial charge in [-0.25, -0.2) is 0 Å². The van der Waals surface area contributed by atoms with Crippen molar-refractivity contribution >= 4 is 5.91 Å². The molecule has 1 aliphatic rings. The summed E-state index contributed by atoms with van der Waals surface area (Å²) < 4.78 is 0. The maximum atomic E-state index is 11.5. The van der Waals surface area contributed by atoms with Crippen LogP contribution in [0.3, 0.4) is 0 Å². The third kappa shape index (κ3) is 3.77. The molecule has 0 atom stereocenters. The van der Waals surface area contributed by atoms with Gasteiger partial charge in [0.2, 0.25) is 5.91 Å². The molecular formula is C10H20N2O. The maximum Gasteiger partial charge on any atom is 0.222 e. The molecule has 13 heavy (non-hydrogen) atoms. The molecule has 3 heteroatoms. The molecule has 0 aromatic heterocycles. The molecule has 1 rings (SSSR count). The average Bonchev–Trinajstić information content (AvgIpc) is 2.27. The van der Waals surface area contributed by atoms with E-state index in [1.807, 2.05) is 19.0 Å². The monoisotopic (exact) mass is 184 g/mol. The van der Waals surface area contributed by atoms with Crippen molar-refractivity contribution in [2.45, 2.75) is 25.7 Å². The van der Waals surface area contributed by atoms with Gasteiger partial charge < -0.3 is 9.80 Å². The van der Waals surface area contributed by atoms with Crippen molar-refractivity contribution < 1.29 is 4.79 Å². The van der Waals surface area contributed by atoms with E-state index in [0.29, 0.717) is 5.91 Å². The Bertz CT molecular complexity index is 168. The number of hydrogen-bond acceptors (Lipinski definition) is 2. The summed E-state index contributed by atoms with van der Waals surface area (Å²) in [7, 11) is 4.09. The predicted octanol–water partition coefficient (Wildman–Crippen LogP) is 0.951. The first-order valence-corrected chi connectivity index (χ1v) is 5.12. The summed E-state index contributed by atoms with van der Waals surface area (Å²) in [6.07, 6.45) is 4.23. The van der Waals surface area contributed by atoms with Gasteiger partial charge in [0.1, 0.15) is 0 Å². The molecule has 1 heterocycles. The SMILES string of the molecule is CN(C)CCN1CCCCCC1=O. The molecule has 0 radical (unpaired) electrons. The number of nitrogens with zero attached hydrogens (tertiary/aromatic N) is 2. The zero-order chi connectivity index (χ0) is 9.68. The van der Waals surface area contributed by atoms with E-state index in [-0.39, 0.29) is 0 Å². The first-order chi connectivity index (χ1) is 6.20. The van der Waals surface area contributed by atoms with Crippen molar-refractivity contribution in [1.29, 1.82) is 0 Å². The second kappa shape index (κ2) is 5.22. The van der Waals surface area contributed by atoms with Gasteiger partial charge in [0.25, 0.3) is 0 Å². The van der Waals surface area contributed by atoms with Gasteiger partial charge in [-0.05, 0) is 26.9 Å². The highest BCUT2D eigenvalue weighted by Crippen LogP contribution is 2.10. The van der Waals surface area contributed by atoms with Crippen molar-refractivity contribution in [2.24, 2.45) is 0 Å². The van der Waals surface area contributed by atoms with Crippen LogP contribution in [0.4, 0.5) is 0 Å². The van der Waals surface area contributed by atoms with E-state index in [1.54, 1.807) is 0 Å². The minimum absolute atomic E-state index is 0.347. The van der Waals surface area contributed by atoms with Crippen molar-refractivity contribution in [2.75, 3.05) is 33.7 Å². The molecule has 0 aromatic rings. The first-order valence-electron chi connectivity index (χ1n) is 5.12. The third-order valence-corrected chi connectivity index (χ3v) is 2.49. The van der Waals surface area contributed by atoms with Crippen LogP contribution in [0, 0.1) is 0 Å². The van der Waals surface area contributed by atoms with Crippen molar-refractivity contribution in [3.05, 3.63) is 0 Å². The highest BCUT2D eigenvalue weighted by Gasteiger charge is 2.15. The Kier molecular flexibility index (Phi) is 4.22. The summed E-state index contributed by atoms with van der Waals surface area (Å²) in [6.45, 7) is 2.84. The van der Waals surface area contributed by atoms with Gasteiger partial charge in [-0.3, -0.25) is 4.79 Å². The largest absolute Gasteiger partial charge is 0.341 e. The molecule has 0 spiro atoms. The Morgan fingerprint density at radius 1 is 1.31 bits per heavy atom. The standard InChI is InChI=1S/C10H20N2O/c1-11(2)8-9-12-7-5-3-4-6-10(12)13/h3-9H2,1-2H3. The van der Waals surface area contributed by atoms with E-state index in [4.69, 9.17) is 0 Å². The van der Waals surface area contributed by atoms with Crippen molar-refractivity contribution in [1.82, 2.24) is 9.80 Å². The lowest BCUT2D eigenvalue weighted by molar-refractivity contribution is -0.130. The van der Waals surface area contributed by atoms with E-state index in [9.17, 15) is 4.79 Å². The smallest absolute Gasteiger partial charge is 0.222 e. The fourth-order valence-corrected chi connectivity index (χ4v) is 1.60. The predicted molar refractivity (Wildman–Crippen MR) is 53.6 cm³/mol. The first kappa shape index (κ1) is 10.5. The second-order valence-electron chi connectivity index (χ2n) is 3.99. The van der Waals surface area contributed by atoms with Crippen LogP contribution in [0.25, 0.3) is 0 Å². The topological polar surface area (TPSA) is 23.6 Å². The molecular weight excluding hydrogens is 164 g/mol. The number of likely N-dealkylation sites (tertiary alicyclic amines) is 1. The van der Waals surface area contributed by atoms with E-state index < -0.39 is 0 Å². The summed E-state index contributed by atoms with van der Waals surface area (Å²) in [5.41, 5.74) is 0. The van der Waals surface area contributed by atoms with Crippen LogP contribution in [0.5, 0.6) is 0 Å². The Labute approximate surface area is 80.7 Å². The van der Waals surface area contributed by atoms with Gasteiger partial charge in [-0.15, -0.1) is 0 Å². The molecule has 1 amide bonds. The normalized spacial score (nSPS) is 19.3. The molecule has 0 aliphatic carbocycles. The van der Waals surface area contributed by atoms with E-state index in [1.165, 1.54) is 12.8 Å². The highest BCUT2D eigenvalue weighted by atomic mass is 16.2. The lowest BCUT2D eigenvalue weighted by Gasteiger charge is -2.22. The summed E-state index contributed by atoms with van der Waals surface area (Å²) in [5, 5.41) is 0. The van der Waals surface area contributed by atoms with Gasteiger partial charge in [-0.2, -0.15) is 0 Å². The third-order valence-electron chi connectivity index (χ3n) is 2.49. The second-order valence-corrected chi connectivity index (χ2v) is 3.99. The molecule has 0 unspecified atom stereocenters. The van der Waals surface area contributed by atoms with Gasteiger partial charge in [0.15, 0.2) is 0 Å². The maximum absolute atomic E-state index is 11.5. The zero-order valence-corrected chi connectivity index (χ0v) is 8.75. The fraction of sp³-hybridized carbons (Fsp3) is 0.900. The van der Waals surface area contributed by atoms with Crippen LogP contribution >= 0.6 is 0 Å². The minimum atomic E-state index is 0.347. The number of hydrogen-bond donors (Lipinski definition) is 0. The zero-order valence-electron chi connectivity index (χ0n) is 8.75. The molecule has 0 N–H and O–H groups in total. The van der Waals surface area contributed by atoms with Gasteiger partial charge in [-0.1, -0.05) is 6.42 Å². The lowest BCUT2D eigenvalue weighted by Crippen LogP contribution is -2.36. The number of likely N-dealkylation sites (N-methyl/N-ethyl adjacent to an activating group) is 1. The van der Waals surface area contributed by atoms with Gasteiger partial charge in [0, 0.05) is 26.1 Å². The van der Waals surface area contributed by atoms with Crippen LogP contribution < -0.4 is 0 Å². The van der Waals surface area contributed by atoms with E-state index in [2.05, 4.69) is 4.90 Å². The quantitative estimate of drug-likeness (QED) is 0.652. The molecule has 1 fully saturated rings. The summed E-state index contributed by atoms with van der Waals surface area (Å²) in [5.74, 6) is 0.347. The molecule has 76 valence electrons. The van der Waals surface area contributed by atoms with Gasteiger partial charge in [0.05, 0.1) is 0 Å². The Hall–Kier alpha value is -0.570.